The van der Waals surface area contributed by atoms with Crippen LogP contribution in [0.5, 0.6) is 5.75 Å². The number of esters is 1. The zero-order valence-corrected chi connectivity index (χ0v) is 21.0. The first-order valence-electron chi connectivity index (χ1n) is 13.7. The first kappa shape index (κ1) is 27.2. The SMILES string of the molecule is CCCCCCCCCCCCCCCCCCc1ccc(C(=O)Oc2ccccc2)cc1. The van der Waals surface area contributed by atoms with Crippen LogP contribution in [0.15, 0.2) is 54.6 Å². The van der Waals surface area contributed by atoms with Crippen LogP contribution in [-0.2, 0) is 6.42 Å². The first-order chi connectivity index (χ1) is 16.3. The van der Waals surface area contributed by atoms with Crippen molar-refractivity contribution >= 4 is 5.97 Å². The average Bonchev–Trinajstić information content (AvgIpc) is 2.85. The number of carbonyl (C=O) groups excluding carboxylic acids is 1. The van der Waals surface area contributed by atoms with Gasteiger partial charge < -0.3 is 4.74 Å². The average molecular weight is 451 g/mol. The Balaban J connectivity index is 1.41. The van der Waals surface area contributed by atoms with E-state index in [1.165, 1.54) is 108 Å². The van der Waals surface area contributed by atoms with E-state index in [1.807, 2.05) is 30.3 Å². The van der Waals surface area contributed by atoms with Crippen LogP contribution in [0.1, 0.15) is 126 Å². The zero-order valence-electron chi connectivity index (χ0n) is 21.0. The summed E-state index contributed by atoms with van der Waals surface area (Å²) in [5, 5.41) is 0. The van der Waals surface area contributed by atoms with Gasteiger partial charge in [0.15, 0.2) is 0 Å². The van der Waals surface area contributed by atoms with Crippen LogP contribution in [0.3, 0.4) is 0 Å². The van der Waals surface area contributed by atoms with Gasteiger partial charge in [0.1, 0.15) is 5.75 Å². The number of ether oxygens (including phenoxy) is 1. The fourth-order valence-corrected chi connectivity index (χ4v) is 4.34. The van der Waals surface area contributed by atoms with Crippen LogP contribution in [0, 0.1) is 0 Å². The van der Waals surface area contributed by atoms with Gasteiger partial charge in [0, 0.05) is 0 Å². The molecule has 0 atom stereocenters. The van der Waals surface area contributed by atoms with Crippen molar-refractivity contribution in [1.82, 2.24) is 0 Å². The van der Waals surface area contributed by atoms with Gasteiger partial charge in [0.25, 0.3) is 0 Å². The van der Waals surface area contributed by atoms with E-state index in [-0.39, 0.29) is 5.97 Å². The maximum atomic E-state index is 12.2. The Morgan fingerprint density at radius 2 is 1.03 bits per heavy atom. The Morgan fingerprint density at radius 3 is 1.52 bits per heavy atom. The molecule has 0 saturated carbocycles. The van der Waals surface area contributed by atoms with Crippen molar-refractivity contribution in [3.8, 4) is 5.75 Å². The number of benzene rings is 2. The predicted octanol–water partition coefficient (Wildman–Crippen LogP) is 9.71. The highest BCUT2D eigenvalue weighted by Gasteiger charge is 2.08. The molecule has 0 aliphatic rings. The Morgan fingerprint density at radius 1 is 0.576 bits per heavy atom. The molecule has 0 unspecified atom stereocenters. The molecule has 0 N–H and O–H groups in total. The molecule has 2 heteroatoms. The molecule has 0 saturated heterocycles. The van der Waals surface area contributed by atoms with Gasteiger partial charge in [-0.25, -0.2) is 4.79 Å². The summed E-state index contributed by atoms with van der Waals surface area (Å²) in [7, 11) is 0. The highest BCUT2D eigenvalue weighted by Crippen LogP contribution is 2.16. The minimum Gasteiger partial charge on any atom is -0.423 e. The molecule has 0 fully saturated rings. The van der Waals surface area contributed by atoms with E-state index in [1.54, 1.807) is 12.1 Å². The Hall–Kier alpha value is -2.09. The topological polar surface area (TPSA) is 26.3 Å². The third-order valence-electron chi connectivity index (χ3n) is 6.46. The van der Waals surface area contributed by atoms with Crippen LogP contribution in [0.4, 0.5) is 0 Å². The Labute approximate surface area is 203 Å². The number of hydrogen-bond acceptors (Lipinski definition) is 2. The minimum atomic E-state index is -0.296. The molecule has 2 aromatic rings. The highest BCUT2D eigenvalue weighted by molar-refractivity contribution is 5.91. The molecule has 0 radical (unpaired) electrons. The van der Waals surface area contributed by atoms with Crippen LogP contribution < -0.4 is 4.74 Å². The van der Waals surface area contributed by atoms with Crippen molar-refractivity contribution in [3.63, 3.8) is 0 Å². The lowest BCUT2D eigenvalue weighted by Crippen LogP contribution is -2.08. The highest BCUT2D eigenvalue weighted by atomic mass is 16.5. The molecule has 182 valence electrons. The van der Waals surface area contributed by atoms with Crippen LogP contribution in [0.25, 0.3) is 0 Å². The summed E-state index contributed by atoms with van der Waals surface area (Å²) in [5.74, 6) is 0.287. The van der Waals surface area contributed by atoms with Gasteiger partial charge >= 0.3 is 5.97 Å². The lowest BCUT2D eigenvalue weighted by molar-refractivity contribution is 0.0735. The van der Waals surface area contributed by atoms with E-state index in [0.29, 0.717) is 11.3 Å². The second-order valence-electron chi connectivity index (χ2n) is 9.45. The monoisotopic (exact) mass is 450 g/mol. The second-order valence-corrected chi connectivity index (χ2v) is 9.45. The van der Waals surface area contributed by atoms with E-state index in [2.05, 4.69) is 19.1 Å². The predicted molar refractivity (Wildman–Crippen MR) is 141 cm³/mol. The molecule has 0 heterocycles. The van der Waals surface area contributed by atoms with Crippen molar-refractivity contribution in [2.24, 2.45) is 0 Å². The maximum Gasteiger partial charge on any atom is 0.343 e. The number of hydrogen-bond donors (Lipinski definition) is 0. The number of para-hydroxylation sites is 1. The Kier molecular flexibility index (Phi) is 15.1. The van der Waals surface area contributed by atoms with Gasteiger partial charge in [-0.2, -0.15) is 0 Å². The third kappa shape index (κ3) is 13.3. The van der Waals surface area contributed by atoms with E-state index in [4.69, 9.17) is 4.74 Å². The molecule has 0 aromatic heterocycles. The first-order valence-corrected chi connectivity index (χ1v) is 13.7. The van der Waals surface area contributed by atoms with Gasteiger partial charge in [-0.3, -0.25) is 0 Å². The number of carbonyl (C=O) groups is 1. The summed E-state index contributed by atoms with van der Waals surface area (Å²) in [6.07, 6.45) is 23.5. The molecule has 33 heavy (non-hydrogen) atoms. The third-order valence-corrected chi connectivity index (χ3v) is 6.46. The lowest BCUT2D eigenvalue weighted by atomic mass is 10.0. The van der Waals surface area contributed by atoms with Crippen molar-refractivity contribution < 1.29 is 9.53 Å². The van der Waals surface area contributed by atoms with E-state index >= 15 is 0 Å². The molecule has 0 spiro atoms. The van der Waals surface area contributed by atoms with Crippen molar-refractivity contribution in [2.45, 2.75) is 116 Å². The summed E-state index contributed by atoms with van der Waals surface area (Å²) in [6.45, 7) is 2.29. The standard InChI is InChI=1S/C31H46O2/c1-2-3-4-5-6-7-8-9-10-11-12-13-14-15-16-18-21-28-24-26-29(27-25-28)31(32)33-30-22-19-17-20-23-30/h17,19-20,22-27H,2-16,18,21H2,1H3. The van der Waals surface area contributed by atoms with Crippen molar-refractivity contribution in [3.05, 3.63) is 65.7 Å². The molecule has 0 amide bonds. The van der Waals surface area contributed by atoms with Gasteiger partial charge in [0.2, 0.25) is 0 Å². The van der Waals surface area contributed by atoms with Gasteiger partial charge in [-0.15, -0.1) is 0 Å². The molecular weight excluding hydrogens is 404 g/mol. The molecule has 0 aliphatic heterocycles. The lowest BCUT2D eigenvalue weighted by Gasteiger charge is -2.06. The van der Waals surface area contributed by atoms with E-state index in [9.17, 15) is 4.79 Å². The molecule has 0 bridgehead atoms. The number of aryl methyl sites for hydroxylation is 1. The van der Waals surface area contributed by atoms with E-state index in [0.717, 1.165) is 6.42 Å². The summed E-state index contributed by atoms with van der Waals surface area (Å²) >= 11 is 0. The van der Waals surface area contributed by atoms with Crippen molar-refractivity contribution in [2.75, 3.05) is 0 Å². The molecule has 2 aromatic carbocycles. The summed E-state index contributed by atoms with van der Waals surface area (Å²) in [4.78, 5) is 12.2. The molecule has 2 rings (SSSR count). The minimum absolute atomic E-state index is 0.296. The molecule has 2 nitrogen and oxygen atoms in total. The summed E-state index contributed by atoms with van der Waals surface area (Å²) in [6, 6.07) is 17.1. The van der Waals surface area contributed by atoms with E-state index < -0.39 is 0 Å². The van der Waals surface area contributed by atoms with Crippen LogP contribution in [0.2, 0.25) is 0 Å². The number of rotatable bonds is 19. The summed E-state index contributed by atoms with van der Waals surface area (Å²) in [5.41, 5.74) is 1.91. The largest absolute Gasteiger partial charge is 0.423 e. The van der Waals surface area contributed by atoms with Gasteiger partial charge in [-0.1, -0.05) is 134 Å². The fourth-order valence-electron chi connectivity index (χ4n) is 4.34. The van der Waals surface area contributed by atoms with Crippen molar-refractivity contribution in [1.29, 1.82) is 0 Å². The Bertz CT molecular complexity index is 720. The molecular formula is C31H46O2. The maximum absolute atomic E-state index is 12.2. The number of unbranched alkanes of at least 4 members (excludes halogenated alkanes) is 15. The zero-order chi connectivity index (χ0) is 23.4. The fraction of sp³-hybridized carbons (Fsp3) is 0.581. The van der Waals surface area contributed by atoms with Gasteiger partial charge in [0.05, 0.1) is 5.56 Å². The van der Waals surface area contributed by atoms with Gasteiger partial charge in [-0.05, 0) is 42.7 Å². The summed E-state index contributed by atoms with van der Waals surface area (Å²) < 4.78 is 5.40. The normalized spacial score (nSPS) is 10.9. The smallest absolute Gasteiger partial charge is 0.343 e. The quantitative estimate of drug-likeness (QED) is 0.121. The van der Waals surface area contributed by atoms with Crippen LogP contribution in [-0.4, -0.2) is 5.97 Å². The molecule has 0 aliphatic carbocycles. The second kappa shape index (κ2) is 18.3. The van der Waals surface area contributed by atoms with Crippen LogP contribution >= 0.6 is 0 Å².